The van der Waals surface area contributed by atoms with Gasteiger partial charge in [-0.1, -0.05) is 0 Å². The standard InChI is InChI=1S/C20H22N4O4S/c1-27-20(26)19-16-3-6-23(11-15-2-5-21-22-15)7-8-24(16)18(25)10-17(19)28-12-14-4-9-29-13-14/h2,4-5,9-10,13H,3,6-8,11-12H2,1H3,(H,21,22). The lowest BCUT2D eigenvalue weighted by Crippen LogP contribution is -2.29. The lowest BCUT2D eigenvalue weighted by Gasteiger charge is -2.17. The van der Waals surface area contributed by atoms with E-state index in [1.54, 1.807) is 22.1 Å². The van der Waals surface area contributed by atoms with E-state index in [0.717, 1.165) is 11.3 Å². The van der Waals surface area contributed by atoms with Gasteiger partial charge in [0.25, 0.3) is 5.56 Å². The zero-order valence-corrected chi connectivity index (χ0v) is 16.9. The second kappa shape index (κ2) is 8.62. The molecule has 0 bridgehead atoms. The molecule has 0 aromatic carbocycles. The maximum absolute atomic E-state index is 12.8. The van der Waals surface area contributed by atoms with Crippen LogP contribution in [0, 0.1) is 0 Å². The summed E-state index contributed by atoms with van der Waals surface area (Å²) in [6.45, 7) is 2.90. The lowest BCUT2D eigenvalue weighted by molar-refractivity contribution is 0.0592. The van der Waals surface area contributed by atoms with Gasteiger partial charge in [-0.05, 0) is 28.5 Å². The Labute approximate surface area is 171 Å². The van der Waals surface area contributed by atoms with Crippen LogP contribution in [0.15, 0.2) is 40.0 Å². The molecular formula is C20H22N4O4S. The summed E-state index contributed by atoms with van der Waals surface area (Å²) in [5, 5.41) is 10.9. The van der Waals surface area contributed by atoms with Crippen molar-refractivity contribution in [3.63, 3.8) is 0 Å². The molecule has 0 saturated carbocycles. The van der Waals surface area contributed by atoms with Gasteiger partial charge < -0.3 is 14.0 Å². The molecule has 0 atom stereocenters. The molecule has 1 aliphatic heterocycles. The molecule has 0 unspecified atom stereocenters. The van der Waals surface area contributed by atoms with Crippen molar-refractivity contribution in [3.8, 4) is 5.75 Å². The number of aromatic amines is 1. The van der Waals surface area contributed by atoms with Crippen molar-refractivity contribution in [2.75, 3.05) is 20.2 Å². The summed E-state index contributed by atoms with van der Waals surface area (Å²) >= 11 is 1.57. The minimum Gasteiger partial charge on any atom is -0.488 e. The smallest absolute Gasteiger partial charge is 0.343 e. The van der Waals surface area contributed by atoms with E-state index in [4.69, 9.17) is 9.47 Å². The summed E-state index contributed by atoms with van der Waals surface area (Å²) in [6, 6.07) is 5.28. The Morgan fingerprint density at radius 1 is 1.31 bits per heavy atom. The number of nitrogens with zero attached hydrogens (tertiary/aromatic N) is 3. The summed E-state index contributed by atoms with van der Waals surface area (Å²) in [5.41, 5.74) is 2.83. The Morgan fingerprint density at radius 3 is 2.93 bits per heavy atom. The van der Waals surface area contributed by atoms with Crippen molar-refractivity contribution in [1.29, 1.82) is 0 Å². The van der Waals surface area contributed by atoms with Gasteiger partial charge in [0.05, 0.1) is 7.11 Å². The van der Waals surface area contributed by atoms with Crippen LogP contribution in [0.5, 0.6) is 5.75 Å². The van der Waals surface area contributed by atoms with Gasteiger partial charge in [-0.15, -0.1) is 0 Å². The second-order valence-corrected chi connectivity index (χ2v) is 7.62. The summed E-state index contributed by atoms with van der Waals surface area (Å²) in [5.74, 6) is -0.211. The van der Waals surface area contributed by atoms with E-state index in [9.17, 15) is 9.59 Å². The fourth-order valence-corrected chi connectivity index (χ4v) is 4.19. The monoisotopic (exact) mass is 414 g/mol. The van der Waals surface area contributed by atoms with Gasteiger partial charge >= 0.3 is 5.97 Å². The van der Waals surface area contributed by atoms with E-state index in [1.807, 2.05) is 22.9 Å². The van der Waals surface area contributed by atoms with E-state index in [1.165, 1.54) is 13.2 Å². The fraction of sp³-hybridized carbons (Fsp3) is 0.350. The van der Waals surface area contributed by atoms with E-state index < -0.39 is 5.97 Å². The zero-order chi connectivity index (χ0) is 20.2. The molecule has 4 heterocycles. The third-order valence-corrected chi connectivity index (χ3v) is 5.73. The number of carbonyl (C=O) groups excluding carboxylic acids is 1. The lowest BCUT2D eigenvalue weighted by atomic mass is 10.1. The number of esters is 1. The van der Waals surface area contributed by atoms with Crippen molar-refractivity contribution in [2.45, 2.75) is 26.1 Å². The maximum Gasteiger partial charge on any atom is 0.343 e. The number of methoxy groups -OCH3 is 1. The molecular weight excluding hydrogens is 392 g/mol. The van der Waals surface area contributed by atoms with E-state index in [0.29, 0.717) is 50.5 Å². The third-order valence-electron chi connectivity index (χ3n) is 5.00. The quantitative estimate of drug-likeness (QED) is 0.621. The largest absolute Gasteiger partial charge is 0.488 e. The molecule has 4 rings (SSSR count). The maximum atomic E-state index is 12.8. The van der Waals surface area contributed by atoms with Crippen LogP contribution in [-0.4, -0.2) is 45.8 Å². The van der Waals surface area contributed by atoms with Crippen molar-refractivity contribution in [1.82, 2.24) is 19.7 Å². The molecule has 1 N–H and O–H groups in total. The highest BCUT2D eigenvalue weighted by molar-refractivity contribution is 7.07. The Morgan fingerprint density at radius 2 is 2.21 bits per heavy atom. The predicted molar refractivity (Wildman–Crippen MR) is 108 cm³/mol. The van der Waals surface area contributed by atoms with Gasteiger partial charge in [0.1, 0.15) is 17.9 Å². The summed E-state index contributed by atoms with van der Waals surface area (Å²) in [4.78, 5) is 27.6. The Kier molecular flexibility index (Phi) is 5.77. The van der Waals surface area contributed by atoms with Crippen LogP contribution >= 0.6 is 11.3 Å². The molecule has 0 spiro atoms. The zero-order valence-electron chi connectivity index (χ0n) is 16.1. The van der Waals surface area contributed by atoms with Gasteiger partial charge in [0.2, 0.25) is 0 Å². The number of hydrogen-bond donors (Lipinski definition) is 1. The number of hydrogen-bond acceptors (Lipinski definition) is 7. The molecule has 0 amide bonds. The number of thiophene rings is 1. The van der Waals surface area contributed by atoms with Crippen LogP contribution in [-0.2, 0) is 30.9 Å². The van der Waals surface area contributed by atoms with E-state index >= 15 is 0 Å². The first-order valence-corrected chi connectivity index (χ1v) is 10.3. The number of carbonyl (C=O) groups is 1. The number of nitrogens with one attached hydrogen (secondary N) is 1. The third kappa shape index (κ3) is 4.25. The van der Waals surface area contributed by atoms with Crippen LogP contribution in [0.25, 0.3) is 0 Å². The van der Waals surface area contributed by atoms with Gasteiger partial charge in [-0.3, -0.25) is 14.8 Å². The minimum absolute atomic E-state index is 0.170. The average Bonchev–Trinajstić information content (AvgIpc) is 3.39. The number of fused-ring (bicyclic) bond motifs is 1. The summed E-state index contributed by atoms with van der Waals surface area (Å²) in [7, 11) is 1.34. The first kappa shape index (κ1) is 19.4. The highest BCUT2D eigenvalue weighted by atomic mass is 32.1. The number of pyridine rings is 1. The highest BCUT2D eigenvalue weighted by Gasteiger charge is 2.26. The van der Waals surface area contributed by atoms with Crippen LogP contribution in [0.1, 0.15) is 27.3 Å². The Balaban J connectivity index is 1.63. The molecule has 0 radical (unpaired) electrons. The van der Waals surface area contributed by atoms with Crippen LogP contribution in [0.3, 0.4) is 0 Å². The molecule has 152 valence electrons. The van der Waals surface area contributed by atoms with Gasteiger partial charge in [0.15, 0.2) is 0 Å². The topological polar surface area (TPSA) is 89.4 Å². The number of ether oxygens (including phenoxy) is 2. The Hall–Kier alpha value is -2.91. The number of rotatable bonds is 6. The molecule has 3 aromatic rings. The van der Waals surface area contributed by atoms with E-state index in [-0.39, 0.29) is 11.3 Å². The summed E-state index contributed by atoms with van der Waals surface area (Å²) in [6.07, 6.45) is 2.27. The number of H-pyrrole nitrogens is 1. The molecule has 9 heteroatoms. The molecule has 29 heavy (non-hydrogen) atoms. The average molecular weight is 414 g/mol. The van der Waals surface area contributed by atoms with Gasteiger partial charge in [-0.25, -0.2) is 4.79 Å². The van der Waals surface area contributed by atoms with Crippen LogP contribution in [0.4, 0.5) is 0 Å². The van der Waals surface area contributed by atoms with Crippen molar-refractivity contribution >= 4 is 17.3 Å². The van der Waals surface area contributed by atoms with Crippen molar-refractivity contribution < 1.29 is 14.3 Å². The molecule has 0 aliphatic carbocycles. The predicted octanol–water partition coefficient (Wildman–Crippen LogP) is 2.06. The van der Waals surface area contributed by atoms with Crippen molar-refractivity contribution in [3.05, 3.63) is 68.0 Å². The highest BCUT2D eigenvalue weighted by Crippen LogP contribution is 2.25. The Bertz CT molecular complexity index is 1030. The molecule has 0 saturated heterocycles. The first-order chi connectivity index (χ1) is 14.2. The van der Waals surface area contributed by atoms with Crippen molar-refractivity contribution in [2.24, 2.45) is 0 Å². The normalized spacial score (nSPS) is 14.2. The van der Waals surface area contributed by atoms with Crippen LogP contribution < -0.4 is 10.3 Å². The van der Waals surface area contributed by atoms with Gasteiger partial charge in [-0.2, -0.15) is 16.4 Å². The SMILES string of the molecule is COC(=O)c1c(OCc2ccsc2)cc(=O)n2c1CCN(Cc1ccn[nH]1)CC2. The molecule has 1 aliphatic rings. The molecule has 0 fully saturated rings. The second-order valence-electron chi connectivity index (χ2n) is 6.84. The fourth-order valence-electron chi connectivity index (χ4n) is 3.54. The number of aromatic nitrogens is 3. The van der Waals surface area contributed by atoms with Gasteiger partial charge in [0, 0.05) is 56.3 Å². The summed E-state index contributed by atoms with van der Waals surface area (Å²) < 4.78 is 12.5. The minimum atomic E-state index is -0.490. The first-order valence-electron chi connectivity index (χ1n) is 9.35. The molecule has 3 aromatic heterocycles. The van der Waals surface area contributed by atoms with Crippen LogP contribution in [0.2, 0.25) is 0 Å². The van der Waals surface area contributed by atoms with E-state index in [2.05, 4.69) is 15.1 Å². The molecule has 8 nitrogen and oxygen atoms in total.